The molecule has 2 N–H and O–H groups in total. The highest BCUT2D eigenvalue weighted by Gasteiger charge is 2.12. The fraction of sp³-hybridized carbons (Fsp3) is 0.455. The van der Waals surface area contributed by atoms with Crippen LogP contribution in [-0.4, -0.2) is 33.0 Å². The molecule has 0 aliphatic heterocycles. The molecule has 0 fully saturated rings. The van der Waals surface area contributed by atoms with E-state index in [0.717, 1.165) is 23.1 Å². The molecule has 2 aromatic heterocycles. The number of hydrogen-bond donors (Lipinski definition) is 1. The van der Waals surface area contributed by atoms with E-state index in [1.165, 1.54) is 11.8 Å². The summed E-state index contributed by atoms with van der Waals surface area (Å²) >= 11 is 2.99. The van der Waals surface area contributed by atoms with Crippen molar-refractivity contribution in [3.63, 3.8) is 0 Å². The van der Waals surface area contributed by atoms with Crippen LogP contribution in [0.15, 0.2) is 14.9 Å². The van der Waals surface area contributed by atoms with Crippen LogP contribution >= 0.6 is 23.1 Å². The lowest BCUT2D eigenvalue weighted by Gasteiger charge is -2.18. The van der Waals surface area contributed by atoms with E-state index in [9.17, 15) is 0 Å². The summed E-state index contributed by atoms with van der Waals surface area (Å²) in [6.45, 7) is 7.74. The second kappa shape index (κ2) is 6.16. The minimum absolute atomic E-state index is 0.243. The normalized spacial score (nSPS) is 10.7. The molecule has 102 valence electrons. The van der Waals surface area contributed by atoms with Crippen LogP contribution in [0.5, 0.6) is 0 Å². The monoisotopic (exact) mass is 296 g/mol. The quantitative estimate of drug-likeness (QED) is 0.906. The Morgan fingerprint density at radius 3 is 2.53 bits per heavy atom. The largest absolute Gasteiger partial charge is 0.368 e. The molecule has 2 aromatic rings. The number of nitrogen functional groups attached to an aromatic ring is 1. The lowest BCUT2D eigenvalue weighted by molar-refractivity contribution is 0.786. The van der Waals surface area contributed by atoms with Gasteiger partial charge in [-0.25, -0.2) is 4.98 Å². The van der Waals surface area contributed by atoms with Gasteiger partial charge in [-0.2, -0.15) is 15.0 Å². The molecule has 0 radical (unpaired) electrons. The Kier molecular flexibility index (Phi) is 4.54. The minimum Gasteiger partial charge on any atom is -0.368 e. The summed E-state index contributed by atoms with van der Waals surface area (Å²) in [4.78, 5) is 19.2. The second-order valence-corrected chi connectivity index (χ2v) is 5.88. The molecule has 0 aliphatic rings. The van der Waals surface area contributed by atoms with Crippen molar-refractivity contribution in [2.24, 2.45) is 0 Å². The van der Waals surface area contributed by atoms with E-state index in [1.807, 2.05) is 17.2 Å². The van der Waals surface area contributed by atoms with Gasteiger partial charge in [-0.1, -0.05) is 0 Å². The van der Waals surface area contributed by atoms with Crippen LogP contribution in [0.25, 0.3) is 0 Å². The van der Waals surface area contributed by atoms with E-state index in [-0.39, 0.29) is 5.95 Å². The summed E-state index contributed by atoms with van der Waals surface area (Å²) in [6.07, 6.45) is 0. The predicted octanol–water partition coefficient (Wildman–Crippen LogP) is 2.22. The van der Waals surface area contributed by atoms with Gasteiger partial charge in [0.1, 0.15) is 0 Å². The van der Waals surface area contributed by atoms with Gasteiger partial charge in [-0.15, -0.1) is 11.3 Å². The summed E-state index contributed by atoms with van der Waals surface area (Å²) in [6, 6.07) is 0. The summed E-state index contributed by atoms with van der Waals surface area (Å²) in [5.41, 5.74) is 6.74. The third kappa shape index (κ3) is 3.54. The van der Waals surface area contributed by atoms with E-state index < -0.39 is 0 Å². The van der Waals surface area contributed by atoms with Gasteiger partial charge in [0.15, 0.2) is 4.34 Å². The van der Waals surface area contributed by atoms with Gasteiger partial charge in [-0.3, -0.25) is 0 Å². The van der Waals surface area contributed by atoms with Crippen molar-refractivity contribution < 1.29 is 0 Å². The maximum absolute atomic E-state index is 5.75. The molecule has 0 atom stereocenters. The van der Waals surface area contributed by atoms with Crippen LogP contribution in [0.1, 0.15) is 19.5 Å². The van der Waals surface area contributed by atoms with Crippen LogP contribution in [0.4, 0.5) is 11.9 Å². The lowest BCUT2D eigenvalue weighted by Crippen LogP contribution is -2.25. The first-order valence-electron chi connectivity index (χ1n) is 5.98. The highest BCUT2D eigenvalue weighted by molar-refractivity contribution is 8.00. The number of rotatable bonds is 5. The minimum atomic E-state index is 0.243. The summed E-state index contributed by atoms with van der Waals surface area (Å²) < 4.78 is 0.911. The average molecular weight is 296 g/mol. The molecule has 0 aromatic carbocycles. The molecular formula is C11H16N6S2. The number of thiazole rings is 1. The van der Waals surface area contributed by atoms with Crippen molar-refractivity contribution in [3.8, 4) is 0 Å². The Labute approximate surface area is 120 Å². The van der Waals surface area contributed by atoms with Crippen LogP contribution < -0.4 is 10.6 Å². The van der Waals surface area contributed by atoms with E-state index in [1.54, 1.807) is 11.3 Å². The predicted molar refractivity (Wildman–Crippen MR) is 78.8 cm³/mol. The molecule has 19 heavy (non-hydrogen) atoms. The topological polar surface area (TPSA) is 80.8 Å². The fourth-order valence-electron chi connectivity index (χ4n) is 1.51. The fourth-order valence-corrected chi connectivity index (χ4v) is 3.21. The van der Waals surface area contributed by atoms with Gasteiger partial charge >= 0.3 is 0 Å². The maximum atomic E-state index is 5.75. The third-order valence-corrected chi connectivity index (χ3v) is 4.36. The number of nitrogens with zero attached hydrogens (tertiary/aromatic N) is 5. The molecule has 2 rings (SSSR count). The number of anilines is 2. The first-order valence-corrected chi connectivity index (χ1v) is 7.68. The van der Waals surface area contributed by atoms with E-state index >= 15 is 0 Å². The molecule has 0 saturated carbocycles. The Morgan fingerprint density at radius 1 is 1.21 bits per heavy atom. The molecule has 0 unspecified atom stereocenters. The van der Waals surface area contributed by atoms with Gasteiger partial charge < -0.3 is 10.6 Å². The van der Waals surface area contributed by atoms with Gasteiger partial charge in [0.25, 0.3) is 0 Å². The van der Waals surface area contributed by atoms with Crippen molar-refractivity contribution in [2.45, 2.75) is 30.3 Å². The molecule has 0 bridgehead atoms. The smallest absolute Gasteiger partial charge is 0.231 e. The zero-order valence-electron chi connectivity index (χ0n) is 11.1. The second-order valence-electron chi connectivity index (χ2n) is 3.81. The van der Waals surface area contributed by atoms with Gasteiger partial charge in [0.2, 0.25) is 17.1 Å². The van der Waals surface area contributed by atoms with Crippen molar-refractivity contribution >= 4 is 35.0 Å². The van der Waals surface area contributed by atoms with Crippen LogP contribution in [0.3, 0.4) is 0 Å². The van der Waals surface area contributed by atoms with Crippen LogP contribution in [0.2, 0.25) is 0 Å². The molecule has 2 heterocycles. The molecule has 0 spiro atoms. The van der Waals surface area contributed by atoms with E-state index in [0.29, 0.717) is 11.1 Å². The zero-order valence-corrected chi connectivity index (χ0v) is 12.8. The van der Waals surface area contributed by atoms with Gasteiger partial charge in [0, 0.05) is 24.2 Å². The third-order valence-electron chi connectivity index (χ3n) is 2.44. The SMILES string of the molecule is CCN(CC)c1nc(N)nc(Sc2nc(C)cs2)n1. The lowest BCUT2D eigenvalue weighted by atomic mass is 10.5. The molecule has 0 saturated heterocycles. The molecule has 0 amide bonds. The average Bonchev–Trinajstić information content (AvgIpc) is 2.75. The molecule has 8 heteroatoms. The van der Waals surface area contributed by atoms with Crippen molar-refractivity contribution in [3.05, 3.63) is 11.1 Å². The Bertz CT molecular complexity index is 552. The van der Waals surface area contributed by atoms with E-state index in [2.05, 4.69) is 33.8 Å². The molecular weight excluding hydrogens is 280 g/mol. The Morgan fingerprint density at radius 2 is 1.95 bits per heavy atom. The Balaban J connectivity index is 2.25. The number of nitrogens with two attached hydrogens (primary N) is 1. The summed E-state index contributed by atoms with van der Waals surface area (Å²) in [5, 5.41) is 2.59. The van der Waals surface area contributed by atoms with Crippen molar-refractivity contribution in [2.75, 3.05) is 23.7 Å². The molecule has 6 nitrogen and oxygen atoms in total. The van der Waals surface area contributed by atoms with Crippen molar-refractivity contribution in [1.29, 1.82) is 0 Å². The number of hydrogen-bond acceptors (Lipinski definition) is 8. The first-order chi connectivity index (χ1) is 9.12. The first kappa shape index (κ1) is 14.0. The zero-order chi connectivity index (χ0) is 13.8. The number of aromatic nitrogens is 4. The maximum Gasteiger partial charge on any atom is 0.231 e. The highest BCUT2D eigenvalue weighted by atomic mass is 32.2. The standard InChI is InChI=1S/C11H16N6S2/c1-4-17(5-2)9-14-8(12)15-10(16-9)19-11-13-7(3)6-18-11/h6H,4-5H2,1-3H3,(H2,12,14,15,16). The van der Waals surface area contributed by atoms with Crippen LogP contribution in [0, 0.1) is 6.92 Å². The van der Waals surface area contributed by atoms with Gasteiger partial charge in [-0.05, 0) is 32.5 Å². The Hall–Kier alpha value is -1.41. The van der Waals surface area contributed by atoms with Crippen LogP contribution in [-0.2, 0) is 0 Å². The summed E-state index contributed by atoms with van der Waals surface area (Å²) in [7, 11) is 0. The number of aryl methyl sites for hydroxylation is 1. The van der Waals surface area contributed by atoms with Crippen molar-refractivity contribution in [1.82, 2.24) is 19.9 Å². The van der Waals surface area contributed by atoms with E-state index in [4.69, 9.17) is 5.73 Å². The van der Waals surface area contributed by atoms with Gasteiger partial charge in [0.05, 0.1) is 0 Å². The highest BCUT2D eigenvalue weighted by Crippen LogP contribution is 2.28. The molecule has 0 aliphatic carbocycles. The summed E-state index contributed by atoms with van der Waals surface area (Å²) in [5.74, 6) is 0.862.